The third kappa shape index (κ3) is 7.50. The molecule has 1 aromatic carbocycles. The van der Waals surface area contributed by atoms with Gasteiger partial charge in [-0.15, -0.1) is 24.0 Å². The van der Waals surface area contributed by atoms with Gasteiger partial charge in [0.05, 0.1) is 0 Å². The predicted molar refractivity (Wildman–Crippen MR) is 126 cm³/mol. The van der Waals surface area contributed by atoms with Crippen molar-refractivity contribution >= 4 is 29.9 Å². The molecule has 0 spiro atoms. The Kier molecular flexibility index (Phi) is 10.5. The summed E-state index contributed by atoms with van der Waals surface area (Å²) in [6.07, 6.45) is 11.3. The summed E-state index contributed by atoms with van der Waals surface area (Å²) in [6.45, 7) is 3.26. The summed E-state index contributed by atoms with van der Waals surface area (Å²) in [5.74, 6) is 0.739. The van der Waals surface area contributed by atoms with Gasteiger partial charge in [-0.2, -0.15) is 0 Å². The van der Waals surface area contributed by atoms with Crippen LogP contribution in [0.4, 0.5) is 4.39 Å². The van der Waals surface area contributed by atoms with Crippen LogP contribution in [0.15, 0.2) is 29.3 Å². The maximum absolute atomic E-state index is 13.2. The highest BCUT2D eigenvalue weighted by Crippen LogP contribution is 2.25. The lowest BCUT2D eigenvalue weighted by Crippen LogP contribution is -2.51. The van der Waals surface area contributed by atoms with E-state index < -0.39 is 0 Å². The van der Waals surface area contributed by atoms with E-state index >= 15 is 0 Å². The summed E-state index contributed by atoms with van der Waals surface area (Å²) in [6, 6.07) is 8.22. The molecule has 2 aliphatic rings. The SMILES string of the molecule is CN=C(NCCCc1cccc(F)c1)NC1CCN(C2CCCCC2)CC1.I. The van der Waals surface area contributed by atoms with Crippen molar-refractivity contribution in [1.29, 1.82) is 0 Å². The summed E-state index contributed by atoms with van der Waals surface area (Å²) in [7, 11) is 1.83. The van der Waals surface area contributed by atoms with Crippen LogP contribution in [-0.2, 0) is 6.42 Å². The number of nitrogens with one attached hydrogen (secondary N) is 2. The first-order chi connectivity index (χ1) is 13.2. The van der Waals surface area contributed by atoms with Crippen LogP contribution in [0.25, 0.3) is 0 Å². The Labute approximate surface area is 186 Å². The van der Waals surface area contributed by atoms with Gasteiger partial charge in [0.1, 0.15) is 5.82 Å². The molecule has 0 aromatic heterocycles. The standard InChI is InChI=1S/C22H35FN4.HI/c1-24-22(25-14-6-8-18-7-5-9-19(23)17-18)26-20-12-15-27(16-13-20)21-10-3-2-4-11-21;/h5,7,9,17,20-21H,2-4,6,8,10-16H2,1H3,(H2,24,25,26);1H. The van der Waals surface area contributed by atoms with Crippen LogP contribution >= 0.6 is 24.0 Å². The first-order valence-corrected chi connectivity index (χ1v) is 10.7. The number of hydrogen-bond acceptors (Lipinski definition) is 2. The van der Waals surface area contributed by atoms with Crippen molar-refractivity contribution in [3.63, 3.8) is 0 Å². The van der Waals surface area contributed by atoms with E-state index in [9.17, 15) is 4.39 Å². The molecule has 0 amide bonds. The van der Waals surface area contributed by atoms with Gasteiger partial charge in [0.2, 0.25) is 0 Å². The minimum absolute atomic E-state index is 0. The van der Waals surface area contributed by atoms with Gasteiger partial charge in [-0.1, -0.05) is 31.4 Å². The van der Waals surface area contributed by atoms with Gasteiger partial charge in [0.25, 0.3) is 0 Å². The minimum Gasteiger partial charge on any atom is -0.356 e. The monoisotopic (exact) mass is 502 g/mol. The molecule has 1 aliphatic heterocycles. The molecule has 1 aromatic rings. The molecular weight excluding hydrogens is 466 g/mol. The molecule has 1 heterocycles. The molecule has 28 heavy (non-hydrogen) atoms. The minimum atomic E-state index is -0.155. The van der Waals surface area contributed by atoms with Gasteiger partial charge in [-0.3, -0.25) is 4.99 Å². The molecule has 4 nitrogen and oxygen atoms in total. The zero-order valence-electron chi connectivity index (χ0n) is 17.1. The molecule has 6 heteroatoms. The second-order valence-corrected chi connectivity index (χ2v) is 7.98. The molecule has 3 rings (SSSR count). The maximum Gasteiger partial charge on any atom is 0.191 e. The lowest BCUT2D eigenvalue weighted by atomic mass is 9.92. The molecule has 2 N–H and O–H groups in total. The van der Waals surface area contributed by atoms with Crippen molar-refractivity contribution in [3.05, 3.63) is 35.6 Å². The van der Waals surface area contributed by atoms with Gasteiger partial charge in [-0.25, -0.2) is 4.39 Å². The number of piperidine rings is 1. The van der Waals surface area contributed by atoms with E-state index in [4.69, 9.17) is 0 Å². The van der Waals surface area contributed by atoms with Crippen LogP contribution in [0.3, 0.4) is 0 Å². The highest BCUT2D eigenvalue weighted by atomic mass is 127. The number of rotatable bonds is 6. The first-order valence-electron chi connectivity index (χ1n) is 10.7. The number of guanidine groups is 1. The van der Waals surface area contributed by atoms with E-state index in [-0.39, 0.29) is 29.8 Å². The molecule has 0 atom stereocenters. The van der Waals surface area contributed by atoms with Crippen LogP contribution in [0.1, 0.15) is 56.9 Å². The second kappa shape index (κ2) is 12.6. The molecule has 1 saturated heterocycles. The third-order valence-electron chi connectivity index (χ3n) is 6.01. The summed E-state index contributed by atoms with van der Waals surface area (Å²) in [5.41, 5.74) is 1.05. The Morgan fingerprint density at radius 1 is 1.14 bits per heavy atom. The van der Waals surface area contributed by atoms with Gasteiger partial charge in [-0.05, 0) is 56.2 Å². The number of aryl methyl sites for hydroxylation is 1. The number of likely N-dealkylation sites (tertiary alicyclic amines) is 1. The van der Waals surface area contributed by atoms with Crippen molar-refractivity contribution in [3.8, 4) is 0 Å². The van der Waals surface area contributed by atoms with Crippen LogP contribution in [0.2, 0.25) is 0 Å². The molecule has 158 valence electrons. The highest BCUT2D eigenvalue weighted by molar-refractivity contribution is 14.0. The Morgan fingerprint density at radius 2 is 1.89 bits per heavy atom. The van der Waals surface area contributed by atoms with E-state index in [0.717, 1.165) is 37.0 Å². The fraction of sp³-hybridized carbons (Fsp3) is 0.682. The van der Waals surface area contributed by atoms with Crippen molar-refractivity contribution in [2.75, 3.05) is 26.7 Å². The van der Waals surface area contributed by atoms with Gasteiger partial charge < -0.3 is 15.5 Å². The van der Waals surface area contributed by atoms with E-state index in [1.165, 1.54) is 64.1 Å². The summed E-state index contributed by atoms with van der Waals surface area (Å²) in [5, 5.41) is 7.00. The number of nitrogens with zero attached hydrogens (tertiary/aromatic N) is 2. The van der Waals surface area contributed by atoms with E-state index in [0.29, 0.717) is 6.04 Å². The maximum atomic E-state index is 13.2. The Bertz CT molecular complexity index is 596. The van der Waals surface area contributed by atoms with Gasteiger partial charge in [0, 0.05) is 38.8 Å². The fourth-order valence-corrected chi connectivity index (χ4v) is 4.43. The first kappa shape index (κ1) is 23.4. The number of aliphatic imine (C=N–C) groups is 1. The number of benzene rings is 1. The van der Waals surface area contributed by atoms with Gasteiger partial charge >= 0.3 is 0 Å². The average Bonchev–Trinajstić information content (AvgIpc) is 2.71. The normalized spacial score (nSPS) is 19.9. The van der Waals surface area contributed by atoms with Crippen molar-refractivity contribution in [2.24, 2.45) is 4.99 Å². The van der Waals surface area contributed by atoms with E-state index in [1.807, 2.05) is 13.1 Å². The largest absolute Gasteiger partial charge is 0.356 e. The van der Waals surface area contributed by atoms with Crippen LogP contribution in [0, 0.1) is 5.82 Å². The molecule has 1 aliphatic carbocycles. The number of halogens is 2. The second-order valence-electron chi connectivity index (χ2n) is 7.98. The molecule has 2 fully saturated rings. The smallest absolute Gasteiger partial charge is 0.191 e. The third-order valence-corrected chi connectivity index (χ3v) is 6.01. The predicted octanol–water partition coefficient (Wildman–Crippen LogP) is 4.34. The van der Waals surface area contributed by atoms with Crippen LogP contribution < -0.4 is 10.6 Å². The Balaban J connectivity index is 0.00000280. The summed E-state index contributed by atoms with van der Waals surface area (Å²) >= 11 is 0. The molecule has 1 saturated carbocycles. The van der Waals surface area contributed by atoms with E-state index in [1.54, 1.807) is 12.1 Å². The lowest BCUT2D eigenvalue weighted by Gasteiger charge is -2.39. The Hall–Kier alpha value is -0.890. The molecule has 0 radical (unpaired) electrons. The average molecular weight is 502 g/mol. The summed E-state index contributed by atoms with van der Waals surface area (Å²) in [4.78, 5) is 7.09. The van der Waals surface area contributed by atoms with Gasteiger partial charge in [0.15, 0.2) is 5.96 Å². The quantitative estimate of drug-likeness (QED) is 0.263. The highest BCUT2D eigenvalue weighted by Gasteiger charge is 2.26. The van der Waals surface area contributed by atoms with Crippen LogP contribution in [-0.4, -0.2) is 49.6 Å². The topological polar surface area (TPSA) is 39.7 Å². The molecule has 0 bridgehead atoms. The summed E-state index contributed by atoms with van der Waals surface area (Å²) < 4.78 is 13.2. The number of hydrogen-bond donors (Lipinski definition) is 2. The molecule has 0 unspecified atom stereocenters. The van der Waals surface area contributed by atoms with Crippen molar-refractivity contribution in [1.82, 2.24) is 15.5 Å². The van der Waals surface area contributed by atoms with E-state index in [2.05, 4.69) is 20.5 Å². The molecular formula is C22H36FIN4. The fourth-order valence-electron chi connectivity index (χ4n) is 4.43. The van der Waals surface area contributed by atoms with Crippen molar-refractivity contribution < 1.29 is 4.39 Å². The van der Waals surface area contributed by atoms with Crippen LogP contribution in [0.5, 0.6) is 0 Å². The Morgan fingerprint density at radius 3 is 2.57 bits per heavy atom. The zero-order valence-corrected chi connectivity index (χ0v) is 19.5. The lowest BCUT2D eigenvalue weighted by molar-refractivity contribution is 0.119. The zero-order chi connectivity index (χ0) is 18.9. The van der Waals surface area contributed by atoms with Crippen molar-refractivity contribution in [2.45, 2.75) is 69.9 Å².